The van der Waals surface area contributed by atoms with Crippen LogP contribution in [0, 0.1) is 0 Å². The average Bonchev–Trinajstić information content (AvgIpc) is 3.60. The van der Waals surface area contributed by atoms with E-state index in [1.807, 2.05) is 42.5 Å². The van der Waals surface area contributed by atoms with Crippen LogP contribution in [-0.2, 0) is 11.4 Å². The molecule has 33 heavy (non-hydrogen) atoms. The zero-order valence-corrected chi connectivity index (χ0v) is 19.8. The molecule has 3 aromatic rings. The molecule has 1 saturated carbocycles. The van der Waals surface area contributed by atoms with E-state index < -0.39 is 0 Å². The Morgan fingerprint density at radius 1 is 1.09 bits per heavy atom. The van der Waals surface area contributed by atoms with Gasteiger partial charge in [-0.1, -0.05) is 47.6 Å². The van der Waals surface area contributed by atoms with Crippen LogP contribution in [0.4, 0.5) is 0 Å². The Hall–Kier alpha value is -2.91. The standard InChI is InChI=1S/C23H25ClN4O4S/c1-30-19-8-4-5-9-20(19)31-13-12-25-22(29)15-33-23-27-26-21(28(23)16-10-11-16)14-32-18-7-3-2-6-17(18)24/h2-9,16H,10-15H2,1H3,(H,25,29). The van der Waals surface area contributed by atoms with Gasteiger partial charge in [0.1, 0.15) is 19.0 Å². The summed E-state index contributed by atoms with van der Waals surface area (Å²) < 4.78 is 18.8. The quantitative estimate of drug-likeness (QED) is 0.303. The van der Waals surface area contributed by atoms with Gasteiger partial charge in [-0.05, 0) is 37.1 Å². The van der Waals surface area contributed by atoms with Gasteiger partial charge in [0.25, 0.3) is 0 Å². The Bertz CT molecular complexity index is 1090. The van der Waals surface area contributed by atoms with Crippen LogP contribution in [0.1, 0.15) is 24.7 Å². The number of nitrogens with one attached hydrogen (secondary N) is 1. The van der Waals surface area contributed by atoms with Crippen molar-refractivity contribution < 1.29 is 19.0 Å². The number of amides is 1. The maximum absolute atomic E-state index is 12.3. The molecule has 0 atom stereocenters. The molecule has 1 N–H and O–H groups in total. The molecule has 0 radical (unpaired) electrons. The smallest absolute Gasteiger partial charge is 0.230 e. The molecule has 4 rings (SSSR count). The number of benzene rings is 2. The van der Waals surface area contributed by atoms with E-state index in [1.165, 1.54) is 11.8 Å². The Labute approximate surface area is 201 Å². The third kappa shape index (κ3) is 6.33. The van der Waals surface area contributed by atoms with Crippen LogP contribution in [0.5, 0.6) is 17.2 Å². The van der Waals surface area contributed by atoms with Gasteiger partial charge in [0.2, 0.25) is 5.91 Å². The van der Waals surface area contributed by atoms with Crippen molar-refractivity contribution in [3.05, 3.63) is 59.4 Å². The number of carbonyl (C=O) groups is 1. The molecule has 1 aromatic heterocycles. The normalized spacial score (nSPS) is 12.9. The van der Waals surface area contributed by atoms with Gasteiger partial charge in [0.05, 0.1) is 24.4 Å². The molecular formula is C23H25ClN4O4S. The van der Waals surface area contributed by atoms with Gasteiger partial charge in [-0.15, -0.1) is 10.2 Å². The SMILES string of the molecule is COc1ccccc1OCCNC(=O)CSc1nnc(COc2ccccc2Cl)n1C1CC1. The first kappa shape index (κ1) is 23.3. The maximum atomic E-state index is 12.3. The van der Waals surface area contributed by atoms with Crippen LogP contribution in [0.2, 0.25) is 5.02 Å². The van der Waals surface area contributed by atoms with Crippen molar-refractivity contribution in [3.63, 3.8) is 0 Å². The van der Waals surface area contributed by atoms with Crippen LogP contribution in [0.3, 0.4) is 0 Å². The minimum atomic E-state index is -0.0946. The van der Waals surface area contributed by atoms with Gasteiger partial charge in [-0.2, -0.15) is 0 Å². The number of aromatic nitrogens is 3. The second kappa shape index (κ2) is 11.3. The van der Waals surface area contributed by atoms with Crippen molar-refractivity contribution >= 4 is 29.3 Å². The van der Waals surface area contributed by atoms with E-state index >= 15 is 0 Å². The van der Waals surface area contributed by atoms with E-state index in [0.29, 0.717) is 41.5 Å². The summed E-state index contributed by atoms with van der Waals surface area (Å²) in [7, 11) is 1.59. The molecule has 10 heteroatoms. The van der Waals surface area contributed by atoms with Gasteiger partial charge < -0.3 is 19.5 Å². The van der Waals surface area contributed by atoms with E-state index in [9.17, 15) is 4.79 Å². The number of nitrogens with zero attached hydrogens (tertiary/aromatic N) is 3. The average molecular weight is 489 g/mol. The molecule has 0 aliphatic heterocycles. The van der Waals surface area contributed by atoms with Gasteiger partial charge in [0, 0.05) is 6.04 Å². The number of para-hydroxylation sites is 3. The second-order valence-electron chi connectivity index (χ2n) is 7.36. The third-order valence-electron chi connectivity index (χ3n) is 4.92. The van der Waals surface area contributed by atoms with Crippen molar-refractivity contribution in [3.8, 4) is 17.2 Å². The van der Waals surface area contributed by atoms with Crippen molar-refractivity contribution in [1.29, 1.82) is 0 Å². The van der Waals surface area contributed by atoms with Crippen molar-refractivity contribution in [2.45, 2.75) is 30.6 Å². The van der Waals surface area contributed by atoms with E-state index in [4.69, 9.17) is 25.8 Å². The summed E-state index contributed by atoms with van der Waals surface area (Å²) in [5.41, 5.74) is 0. The summed E-state index contributed by atoms with van der Waals surface area (Å²) >= 11 is 7.53. The zero-order chi connectivity index (χ0) is 23.0. The number of carbonyl (C=O) groups excluding carboxylic acids is 1. The summed E-state index contributed by atoms with van der Waals surface area (Å²) in [6.07, 6.45) is 2.13. The Morgan fingerprint density at radius 3 is 2.55 bits per heavy atom. The molecule has 174 valence electrons. The van der Waals surface area contributed by atoms with E-state index in [-0.39, 0.29) is 18.3 Å². The minimum Gasteiger partial charge on any atom is -0.493 e. The fourth-order valence-electron chi connectivity index (χ4n) is 3.18. The highest BCUT2D eigenvalue weighted by Gasteiger charge is 2.30. The minimum absolute atomic E-state index is 0.0946. The number of hydrogen-bond donors (Lipinski definition) is 1. The highest BCUT2D eigenvalue weighted by molar-refractivity contribution is 7.99. The predicted octanol–water partition coefficient (Wildman–Crippen LogP) is 4.14. The summed E-state index contributed by atoms with van der Waals surface area (Å²) in [5, 5.41) is 12.7. The number of thioether (sulfide) groups is 1. The first-order valence-corrected chi connectivity index (χ1v) is 12.0. The van der Waals surface area contributed by atoms with E-state index in [2.05, 4.69) is 20.1 Å². The first-order chi connectivity index (χ1) is 16.2. The third-order valence-corrected chi connectivity index (χ3v) is 6.18. The fraction of sp³-hybridized carbons (Fsp3) is 0.348. The first-order valence-electron chi connectivity index (χ1n) is 10.6. The van der Waals surface area contributed by atoms with Crippen LogP contribution < -0.4 is 19.5 Å². The van der Waals surface area contributed by atoms with Gasteiger partial charge in [-0.3, -0.25) is 9.36 Å². The molecule has 2 aromatic carbocycles. The lowest BCUT2D eigenvalue weighted by Crippen LogP contribution is -2.29. The highest BCUT2D eigenvalue weighted by atomic mass is 35.5. The van der Waals surface area contributed by atoms with Crippen LogP contribution in [-0.4, -0.2) is 46.7 Å². The highest BCUT2D eigenvalue weighted by Crippen LogP contribution is 2.39. The lowest BCUT2D eigenvalue weighted by molar-refractivity contribution is -0.118. The summed E-state index contributed by atoms with van der Waals surface area (Å²) in [4.78, 5) is 12.3. The summed E-state index contributed by atoms with van der Waals surface area (Å²) in [6.45, 7) is 1.00. The van der Waals surface area contributed by atoms with Crippen molar-refractivity contribution in [2.24, 2.45) is 0 Å². The van der Waals surface area contributed by atoms with E-state index in [1.54, 1.807) is 13.2 Å². The Kier molecular flexibility index (Phi) is 7.96. The molecule has 0 saturated heterocycles. The van der Waals surface area contributed by atoms with Crippen LogP contribution in [0.25, 0.3) is 0 Å². The Balaban J connectivity index is 1.25. The summed E-state index contributed by atoms with van der Waals surface area (Å²) in [6, 6.07) is 15.1. The van der Waals surface area contributed by atoms with Gasteiger partial charge >= 0.3 is 0 Å². The lowest BCUT2D eigenvalue weighted by atomic mass is 10.3. The molecule has 1 heterocycles. The van der Waals surface area contributed by atoms with Crippen molar-refractivity contribution in [2.75, 3.05) is 26.0 Å². The largest absolute Gasteiger partial charge is 0.493 e. The monoisotopic (exact) mass is 488 g/mol. The van der Waals surface area contributed by atoms with E-state index in [0.717, 1.165) is 23.8 Å². The number of ether oxygens (including phenoxy) is 3. The number of methoxy groups -OCH3 is 1. The molecule has 0 spiro atoms. The molecule has 1 fully saturated rings. The lowest BCUT2D eigenvalue weighted by Gasteiger charge is -2.11. The van der Waals surface area contributed by atoms with Gasteiger partial charge in [-0.25, -0.2) is 0 Å². The predicted molar refractivity (Wildman–Crippen MR) is 126 cm³/mol. The molecule has 0 bridgehead atoms. The van der Waals surface area contributed by atoms with Crippen LogP contribution in [0.15, 0.2) is 53.7 Å². The number of rotatable bonds is 12. The molecule has 0 unspecified atom stereocenters. The maximum Gasteiger partial charge on any atom is 0.230 e. The Morgan fingerprint density at radius 2 is 1.82 bits per heavy atom. The zero-order valence-electron chi connectivity index (χ0n) is 18.2. The fourth-order valence-corrected chi connectivity index (χ4v) is 4.22. The van der Waals surface area contributed by atoms with Crippen molar-refractivity contribution in [1.82, 2.24) is 20.1 Å². The van der Waals surface area contributed by atoms with Crippen LogP contribution >= 0.6 is 23.4 Å². The summed E-state index contributed by atoms with van der Waals surface area (Å²) in [5.74, 6) is 2.79. The number of halogens is 1. The number of hydrogen-bond acceptors (Lipinski definition) is 7. The molecular weight excluding hydrogens is 464 g/mol. The molecule has 8 nitrogen and oxygen atoms in total. The van der Waals surface area contributed by atoms with Gasteiger partial charge in [0.15, 0.2) is 22.5 Å². The molecule has 1 aliphatic rings. The molecule has 1 amide bonds. The second-order valence-corrected chi connectivity index (χ2v) is 8.71. The topological polar surface area (TPSA) is 87.5 Å². The molecule has 1 aliphatic carbocycles.